The Kier molecular flexibility index (Phi) is 3.99. The second kappa shape index (κ2) is 5.28. The second-order valence-electron chi connectivity index (χ2n) is 2.62. The van der Waals surface area contributed by atoms with Crippen molar-refractivity contribution in [3.05, 3.63) is 44.2 Å². The van der Waals surface area contributed by atoms with E-state index in [4.69, 9.17) is 10.8 Å². The third kappa shape index (κ3) is 2.77. The van der Waals surface area contributed by atoms with E-state index in [2.05, 4.69) is 32.0 Å². The van der Waals surface area contributed by atoms with E-state index in [1.807, 2.05) is 12.1 Å². The third-order valence-corrected chi connectivity index (χ3v) is 2.23. The highest BCUT2D eigenvalue weighted by Gasteiger charge is 2.01. The standard InChI is InChI=1S/C9H7BrN4/c10-9-2-1-8(6-11)7(5-9)3-4-13-14-12/h1-2,5H,3-4H2. The SMILES string of the molecule is N#Cc1ccc(Br)cc1CCN=[N+]=[N-]. The average Bonchev–Trinajstić information content (AvgIpc) is 2.19. The van der Waals surface area contributed by atoms with E-state index >= 15 is 0 Å². The van der Waals surface area contributed by atoms with Crippen molar-refractivity contribution in [2.45, 2.75) is 6.42 Å². The molecule has 0 aromatic heterocycles. The molecule has 0 radical (unpaired) electrons. The number of hydrogen-bond donors (Lipinski definition) is 0. The molecule has 0 heterocycles. The van der Waals surface area contributed by atoms with Crippen LogP contribution >= 0.6 is 15.9 Å². The van der Waals surface area contributed by atoms with Crippen LogP contribution in [-0.4, -0.2) is 6.54 Å². The van der Waals surface area contributed by atoms with E-state index in [9.17, 15) is 0 Å². The van der Waals surface area contributed by atoms with Crippen LogP contribution in [0.15, 0.2) is 27.8 Å². The fourth-order valence-corrected chi connectivity index (χ4v) is 1.50. The highest BCUT2D eigenvalue weighted by atomic mass is 79.9. The molecule has 0 atom stereocenters. The third-order valence-electron chi connectivity index (χ3n) is 1.73. The Bertz CT molecular complexity index is 415. The molecule has 0 unspecified atom stereocenters. The Morgan fingerprint density at radius 3 is 3.00 bits per heavy atom. The van der Waals surface area contributed by atoms with E-state index < -0.39 is 0 Å². The van der Waals surface area contributed by atoms with E-state index in [-0.39, 0.29) is 0 Å². The van der Waals surface area contributed by atoms with Crippen LogP contribution in [0.25, 0.3) is 10.4 Å². The lowest BCUT2D eigenvalue weighted by Gasteiger charge is -2.01. The zero-order valence-electron chi connectivity index (χ0n) is 7.31. The first-order valence-corrected chi connectivity index (χ1v) is 4.76. The smallest absolute Gasteiger partial charge is 0.0994 e. The Morgan fingerprint density at radius 2 is 2.36 bits per heavy atom. The van der Waals surface area contributed by atoms with Gasteiger partial charge in [-0.2, -0.15) is 5.26 Å². The second-order valence-corrected chi connectivity index (χ2v) is 3.53. The Balaban J connectivity index is 2.88. The molecule has 0 aliphatic rings. The number of nitriles is 1. The van der Waals surface area contributed by atoms with Crippen LogP contribution in [0.2, 0.25) is 0 Å². The van der Waals surface area contributed by atoms with Gasteiger partial charge in [-0.3, -0.25) is 0 Å². The summed E-state index contributed by atoms with van der Waals surface area (Å²) in [7, 11) is 0. The predicted molar refractivity (Wildman–Crippen MR) is 56.6 cm³/mol. The van der Waals surface area contributed by atoms with Gasteiger partial charge in [-0.1, -0.05) is 21.0 Å². The van der Waals surface area contributed by atoms with Gasteiger partial charge in [0, 0.05) is 15.9 Å². The maximum atomic E-state index is 8.80. The highest BCUT2D eigenvalue weighted by Crippen LogP contribution is 2.16. The number of nitrogens with zero attached hydrogens (tertiary/aromatic N) is 4. The molecular weight excluding hydrogens is 244 g/mol. The van der Waals surface area contributed by atoms with E-state index in [0.717, 1.165) is 10.0 Å². The average molecular weight is 251 g/mol. The van der Waals surface area contributed by atoms with Crippen LogP contribution < -0.4 is 0 Å². The molecule has 1 rings (SSSR count). The lowest BCUT2D eigenvalue weighted by molar-refractivity contribution is 0.951. The summed E-state index contributed by atoms with van der Waals surface area (Å²) in [6.07, 6.45) is 0.590. The molecule has 1 aromatic rings. The Hall–Kier alpha value is -1.50. The lowest BCUT2D eigenvalue weighted by Crippen LogP contribution is -1.93. The van der Waals surface area contributed by atoms with Crippen molar-refractivity contribution in [2.24, 2.45) is 5.11 Å². The van der Waals surface area contributed by atoms with Crippen LogP contribution in [0, 0.1) is 11.3 Å². The van der Waals surface area contributed by atoms with Gasteiger partial charge in [0.2, 0.25) is 0 Å². The zero-order valence-corrected chi connectivity index (χ0v) is 8.90. The molecule has 1 aromatic carbocycles. The topological polar surface area (TPSA) is 72.5 Å². The quantitative estimate of drug-likeness (QED) is 0.462. The zero-order chi connectivity index (χ0) is 10.4. The minimum atomic E-state index is 0.377. The molecule has 5 heteroatoms. The fraction of sp³-hybridized carbons (Fsp3) is 0.222. The molecule has 0 fully saturated rings. The van der Waals surface area contributed by atoms with E-state index in [0.29, 0.717) is 18.5 Å². The van der Waals surface area contributed by atoms with Crippen molar-refractivity contribution in [3.8, 4) is 6.07 Å². The summed E-state index contributed by atoms with van der Waals surface area (Å²) in [5, 5.41) is 12.2. The van der Waals surface area contributed by atoms with Crippen LogP contribution in [0.1, 0.15) is 11.1 Å². The van der Waals surface area contributed by atoms with Gasteiger partial charge in [-0.05, 0) is 35.7 Å². The summed E-state index contributed by atoms with van der Waals surface area (Å²) in [6.45, 7) is 0.377. The first-order valence-electron chi connectivity index (χ1n) is 3.97. The summed E-state index contributed by atoms with van der Waals surface area (Å²) < 4.78 is 0.924. The molecule has 0 bridgehead atoms. The van der Waals surface area contributed by atoms with Crippen molar-refractivity contribution in [1.29, 1.82) is 5.26 Å². The Labute approximate surface area is 89.9 Å². The summed E-state index contributed by atoms with van der Waals surface area (Å²) in [5.41, 5.74) is 9.63. The van der Waals surface area contributed by atoms with Crippen molar-refractivity contribution in [2.75, 3.05) is 6.54 Å². The van der Waals surface area contributed by atoms with Gasteiger partial charge in [0.1, 0.15) is 0 Å². The number of halogens is 1. The molecule has 0 N–H and O–H groups in total. The van der Waals surface area contributed by atoms with Gasteiger partial charge in [-0.25, -0.2) is 0 Å². The highest BCUT2D eigenvalue weighted by molar-refractivity contribution is 9.10. The van der Waals surface area contributed by atoms with Crippen molar-refractivity contribution in [3.63, 3.8) is 0 Å². The van der Waals surface area contributed by atoms with Crippen molar-refractivity contribution >= 4 is 15.9 Å². The number of azide groups is 1. The van der Waals surface area contributed by atoms with Crippen LogP contribution in [0.4, 0.5) is 0 Å². The van der Waals surface area contributed by atoms with Crippen molar-refractivity contribution in [1.82, 2.24) is 0 Å². The molecule has 4 nitrogen and oxygen atoms in total. The van der Waals surface area contributed by atoms with E-state index in [1.165, 1.54) is 0 Å². The molecule has 0 spiro atoms. The molecule has 0 aliphatic heterocycles. The van der Waals surface area contributed by atoms with Gasteiger partial charge in [0.05, 0.1) is 11.6 Å². The lowest BCUT2D eigenvalue weighted by atomic mass is 10.1. The largest absolute Gasteiger partial charge is 0.192 e. The summed E-state index contributed by atoms with van der Waals surface area (Å²) >= 11 is 3.32. The number of hydrogen-bond acceptors (Lipinski definition) is 2. The first-order chi connectivity index (χ1) is 6.77. The molecule has 70 valence electrons. The van der Waals surface area contributed by atoms with Crippen molar-refractivity contribution < 1.29 is 0 Å². The van der Waals surface area contributed by atoms with Gasteiger partial charge < -0.3 is 0 Å². The molecule has 0 saturated heterocycles. The minimum Gasteiger partial charge on any atom is -0.192 e. The van der Waals surface area contributed by atoms with Gasteiger partial charge in [-0.15, -0.1) is 0 Å². The first kappa shape index (κ1) is 10.6. The van der Waals surface area contributed by atoms with Gasteiger partial charge in [0.25, 0.3) is 0 Å². The van der Waals surface area contributed by atoms with Gasteiger partial charge >= 0.3 is 0 Å². The summed E-state index contributed by atoms with van der Waals surface area (Å²) in [5.74, 6) is 0. The maximum absolute atomic E-state index is 8.80. The molecule has 0 aliphatic carbocycles. The van der Waals surface area contributed by atoms with Gasteiger partial charge in [0.15, 0.2) is 0 Å². The van der Waals surface area contributed by atoms with Crippen LogP contribution in [-0.2, 0) is 6.42 Å². The summed E-state index contributed by atoms with van der Waals surface area (Å²) in [6, 6.07) is 7.52. The minimum absolute atomic E-state index is 0.377. The predicted octanol–water partition coefficient (Wildman–Crippen LogP) is 3.17. The summed E-state index contributed by atoms with van der Waals surface area (Å²) in [4.78, 5) is 2.66. The Morgan fingerprint density at radius 1 is 1.57 bits per heavy atom. The molecular formula is C9H7BrN4. The molecule has 0 saturated carbocycles. The monoisotopic (exact) mass is 250 g/mol. The number of rotatable bonds is 3. The van der Waals surface area contributed by atoms with E-state index in [1.54, 1.807) is 6.07 Å². The molecule has 0 amide bonds. The normalized spacial score (nSPS) is 8.86. The van der Waals surface area contributed by atoms with Crippen LogP contribution in [0.5, 0.6) is 0 Å². The number of benzene rings is 1. The fourth-order valence-electron chi connectivity index (χ4n) is 1.09. The van der Waals surface area contributed by atoms with Crippen LogP contribution in [0.3, 0.4) is 0 Å². The maximum Gasteiger partial charge on any atom is 0.0994 e. The molecule has 14 heavy (non-hydrogen) atoms.